The smallest absolute Gasteiger partial charge is 0.258 e. The Morgan fingerprint density at radius 1 is 0.935 bits per heavy atom. The van der Waals surface area contributed by atoms with E-state index in [1.807, 2.05) is 60.7 Å². The van der Waals surface area contributed by atoms with Crippen LogP contribution < -0.4 is 10.1 Å². The largest absolute Gasteiger partial charge is 0.508 e. The Hall–Kier alpha value is -3.21. The van der Waals surface area contributed by atoms with E-state index in [9.17, 15) is 9.90 Å². The van der Waals surface area contributed by atoms with Crippen LogP contribution in [0.3, 0.4) is 0 Å². The van der Waals surface area contributed by atoms with Gasteiger partial charge in [-0.25, -0.2) is 0 Å². The molecule has 6 heteroatoms. The number of halogens is 2. The minimum atomic E-state index is -0.566. The maximum absolute atomic E-state index is 12.8. The van der Waals surface area contributed by atoms with Gasteiger partial charge in [-0.2, -0.15) is 0 Å². The molecular formula is C25H19Cl2NO3. The summed E-state index contributed by atoms with van der Waals surface area (Å²) in [7, 11) is 0. The van der Waals surface area contributed by atoms with Crippen LogP contribution in [-0.4, -0.2) is 17.6 Å². The second-order valence-electron chi connectivity index (χ2n) is 6.99. The van der Waals surface area contributed by atoms with Crippen LogP contribution in [0.1, 0.15) is 17.2 Å². The lowest BCUT2D eigenvalue weighted by Gasteiger charge is -2.23. The molecule has 0 aromatic heterocycles. The van der Waals surface area contributed by atoms with Gasteiger partial charge in [0, 0.05) is 10.6 Å². The van der Waals surface area contributed by atoms with E-state index in [-0.39, 0.29) is 18.3 Å². The number of rotatable bonds is 6. The lowest BCUT2D eigenvalue weighted by Crippen LogP contribution is -2.33. The first-order valence-electron chi connectivity index (χ1n) is 9.65. The number of nitrogens with one attached hydrogen (secondary N) is 1. The average Bonchev–Trinajstić information content (AvgIpc) is 2.78. The molecule has 0 spiro atoms. The van der Waals surface area contributed by atoms with Crippen molar-refractivity contribution < 1.29 is 14.6 Å². The fourth-order valence-electron chi connectivity index (χ4n) is 3.49. The van der Waals surface area contributed by atoms with Gasteiger partial charge in [-0.1, -0.05) is 83.9 Å². The van der Waals surface area contributed by atoms with E-state index in [1.54, 1.807) is 24.3 Å². The molecular weight excluding hydrogens is 433 g/mol. The SMILES string of the molecule is O=C(COc1ccc(Cl)cc1Cl)N[C@@H](c1ccccc1)c1c(O)ccc2ccccc12. The highest BCUT2D eigenvalue weighted by Gasteiger charge is 2.22. The normalized spacial score (nSPS) is 11.8. The maximum Gasteiger partial charge on any atom is 0.258 e. The summed E-state index contributed by atoms with van der Waals surface area (Å²) >= 11 is 12.0. The van der Waals surface area contributed by atoms with Crippen molar-refractivity contribution in [1.82, 2.24) is 5.32 Å². The van der Waals surface area contributed by atoms with E-state index in [0.29, 0.717) is 21.4 Å². The number of carbonyl (C=O) groups is 1. The van der Waals surface area contributed by atoms with Crippen LogP contribution >= 0.6 is 23.2 Å². The molecule has 1 amide bonds. The molecule has 0 bridgehead atoms. The molecule has 0 saturated heterocycles. The Morgan fingerprint density at radius 2 is 1.68 bits per heavy atom. The van der Waals surface area contributed by atoms with E-state index < -0.39 is 6.04 Å². The lowest BCUT2D eigenvalue weighted by atomic mass is 9.92. The number of amides is 1. The molecule has 0 heterocycles. The molecule has 0 unspecified atom stereocenters. The first-order valence-corrected chi connectivity index (χ1v) is 10.4. The van der Waals surface area contributed by atoms with Crippen molar-refractivity contribution in [2.45, 2.75) is 6.04 Å². The van der Waals surface area contributed by atoms with Crippen LogP contribution in [0.25, 0.3) is 10.8 Å². The van der Waals surface area contributed by atoms with Crippen molar-refractivity contribution in [1.29, 1.82) is 0 Å². The lowest BCUT2D eigenvalue weighted by molar-refractivity contribution is -0.123. The number of fused-ring (bicyclic) bond motifs is 1. The first-order chi connectivity index (χ1) is 15.0. The number of ether oxygens (including phenoxy) is 1. The number of hydrogen-bond donors (Lipinski definition) is 2. The Bertz CT molecular complexity index is 1230. The van der Waals surface area contributed by atoms with Crippen molar-refractivity contribution in [2.24, 2.45) is 0 Å². The number of aromatic hydroxyl groups is 1. The third kappa shape index (κ3) is 4.76. The molecule has 4 rings (SSSR count). The number of benzene rings is 4. The van der Waals surface area contributed by atoms with E-state index in [2.05, 4.69) is 5.32 Å². The van der Waals surface area contributed by atoms with Gasteiger partial charge >= 0.3 is 0 Å². The summed E-state index contributed by atoms with van der Waals surface area (Å²) < 4.78 is 5.58. The van der Waals surface area contributed by atoms with Crippen molar-refractivity contribution >= 4 is 39.9 Å². The van der Waals surface area contributed by atoms with Crippen molar-refractivity contribution in [3.05, 3.63) is 106 Å². The maximum atomic E-state index is 12.8. The van der Waals surface area contributed by atoms with Gasteiger partial charge in [-0.15, -0.1) is 0 Å². The number of phenolic OH excluding ortho intramolecular Hbond substituents is 1. The summed E-state index contributed by atoms with van der Waals surface area (Å²) in [5.74, 6) is 0.118. The average molecular weight is 452 g/mol. The highest BCUT2D eigenvalue weighted by Crippen LogP contribution is 2.36. The van der Waals surface area contributed by atoms with E-state index in [1.165, 1.54) is 0 Å². The highest BCUT2D eigenvalue weighted by atomic mass is 35.5. The van der Waals surface area contributed by atoms with Crippen molar-refractivity contribution in [3.63, 3.8) is 0 Å². The van der Waals surface area contributed by atoms with Crippen LogP contribution in [0.4, 0.5) is 0 Å². The summed E-state index contributed by atoms with van der Waals surface area (Å²) in [4.78, 5) is 12.8. The molecule has 2 N–H and O–H groups in total. The summed E-state index contributed by atoms with van der Waals surface area (Å²) in [6.45, 7) is -0.240. The standard InChI is InChI=1S/C25H19Cl2NO3/c26-18-11-13-22(20(27)14-18)31-15-23(30)28-25(17-7-2-1-3-8-17)24-19-9-5-4-6-16(19)10-12-21(24)29/h1-14,25,29H,15H2,(H,28,30)/t25-/m0/s1. The molecule has 0 aliphatic rings. The van der Waals surface area contributed by atoms with Crippen LogP contribution in [0, 0.1) is 0 Å². The molecule has 0 aliphatic heterocycles. The third-order valence-electron chi connectivity index (χ3n) is 4.93. The van der Waals surface area contributed by atoms with Crippen LogP contribution in [-0.2, 0) is 4.79 Å². The molecule has 4 aromatic carbocycles. The molecule has 156 valence electrons. The monoisotopic (exact) mass is 451 g/mol. The topological polar surface area (TPSA) is 58.6 Å². The van der Waals surface area contributed by atoms with Gasteiger partial charge in [0.1, 0.15) is 11.5 Å². The number of carbonyl (C=O) groups excluding carboxylic acids is 1. The molecule has 4 nitrogen and oxygen atoms in total. The zero-order valence-electron chi connectivity index (χ0n) is 16.4. The Morgan fingerprint density at radius 3 is 2.45 bits per heavy atom. The predicted octanol–water partition coefficient (Wildman–Crippen LogP) is 6.14. The fourth-order valence-corrected chi connectivity index (χ4v) is 3.96. The molecule has 31 heavy (non-hydrogen) atoms. The van der Waals surface area contributed by atoms with Crippen LogP contribution in [0.15, 0.2) is 84.9 Å². The van der Waals surface area contributed by atoms with Gasteiger partial charge in [0.15, 0.2) is 6.61 Å². The zero-order chi connectivity index (χ0) is 21.8. The second-order valence-corrected chi connectivity index (χ2v) is 7.84. The van der Waals surface area contributed by atoms with Gasteiger partial charge in [0.05, 0.1) is 11.1 Å². The van der Waals surface area contributed by atoms with Crippen molar-refractivity contribution in [3.8, 4) is 11.5 Å². The summed E-state index contributed by atoms with van der Waals surface area (Å²) in [6.07, 6.45) is 0. The Labute approximate surface area is 190 Å². The van der Waals surface area contributed by atoms with E-state index in [0.717, 1.165) is 16.3 Å². The predicted molar refractivity (Wildman–Crippen MR) is 124 cm³/mol. The van der Waals surface area contributed by atoms with Gasteiger partial charge < -0.3 is 15.2 Å². The van der Waals surface area contributed by atoms with Crippen LogP contribution in [0.2, 0.25) is 10.0 Å². The molecule has 0 radical (unpaired) electrons. The van der Waals surface area contributed by atoms with Gasteiger partial charge in [0.25, 0.3) is 5.91 Å². The Balaban J connectivity index is 1.64. The fraction of sp³-hybridized carbons (Fsp3) is 0.0800. The summed E-state index contributed by atoms with van der Waals surface area (Å²) in [5.41, 5.74) is 1.47. The van der Waals surface area contributed by atoms with Crippen molar-refractivity contribution in [2.75, 3.05) is 6.61 Å². The molecule has 0 aliphatic carbocycles. The number of hydrogen-bond acceptors (Lipinski definition) is 3. The van der Waals surface area contributed by atoms with Gasteiger partial charge in [-0.05, 0) is 40.6 Å². The highest BCUT2D eigenvalue weighted by molar-refractivity contribution is 6.35. The third-order valence-corrected chi connectivity index (χ3v) is 5.46. The molecule has 4 aromatic rings. The summed E-state index contributed by atoms with van der Waals surface area (Å²) in [6, 6.07) is 25.0. The first kappa shape index (κ1) is 21.0. The second kappa shape index (κ2) is 9.29. The van der Waals surface area contributed by atoms with Gasteiger partial charge in [-0.3, -0.25) is 4.79 Å². The molecule has 0 saturated carbocycles. The quantitative estimate of drug-likeness (QED) is 0.370. The zero-order valence-corrected chi connectivity index (χ0v) is 17.9. The molecule has 1 atom stereocenters. The minimum absolute atomic E-state index is 0.106. The molecule has 0 fully saturated rings. The summed E-state index contributed by atoms with van der Waals surface area (Å²) in [5, 5.41) is 16.3. The van der Waals surface area contributed by atoms with E-state index >= 15 is 0 Å². The van der Waals surface area contributed by atoms with E-state index in [4.69, 9.17) is 27.9 Å². The minimum Gasteiger partial charge on any atom is -0.508 e. The van der Waals surface area contributed by atoms with Gasteiger partial charge in [0.2, 0.25) is 0 Å². The number of phenols is 1. The van der Waals surface area contributed by atoms with Crippen LogP contribution in [0.5, 0.6) is 11.5 Å². The Kier molecular flexibility index (Phi) is 6.31.